The van der Waals surface area contributed by atoms with Crippen molar-refractivity contribution in [2.45, 2.75) is 45.6 Å². The van der Waals surface area contributed by atoms with Crippen molar-refractivity contribution in [2.24, 2.45) is 5.73 Å². The Morgan fingerprint density at radius 3 is 2.52 bits per heavy atom. The number of carbonyl (C=O) groups is 2. The van der Waals surface area contributed by atoms with E-state index in [9.17, 15) is 9.59 Å². The van der Waals surface area contributed by atoms with Crippen LogP contribution in [0, 0.1) is 13.8 Å². The van der Waals surface area contributed by atoms with Gasteiger partial charge in [-0.15, -0.1) is 0 Å². The number of ether oxygens (including phenoxy) is 3. The van der Waals surface area contributed by atoms with E-state index in [2.05, 4.69) is 4.98 Å². The molecule has 0 saturated carbocycles. The minimum atomic E-state index is -0.827. The Labute approximate surface area is 252 Å². The van der Waals surface area contributed by atoms with E-state index < -0.39 is 17.9 Å². The summed E-state index contributed by atoms with van der Waals surface area (Å²) in [6.07, 6.45) is -0.0961. The van der Waals surface area contributed by atoms with Crippen LogP contribution in [0.15, 0.2) is 59.0 Å². The monoisotopic (exact) mass is 607 g/mol. The molecule has 0 bridgehead atoms. The molecule has 3 aromatic carbocycles. The third-order valence-corrected chi connectivity index (χ3v) is 8.01. The van der Waals surface area contributed by atoms with Gasteiger partial charge in [0.1, 0.15) is 30.8 Å². The number of rotatable bonds is 6. The maximum Gasteiger partial charge on any atom is 0.277 e. The van der Waals surface area contributed by atoms with Gasteiger partial charge < -0.3 is 29.3 Å². The van der Waals surface area contributed by atoms with Crippen molar-refractivity contribution >= 4 is 35.0 Å². The summed E-state index contributed by atoms with van der Waals surface area (Å²) in [7, 11) is 0. The highest BCUT2D eigenvalue weighted by molar-refractivity contribution is 6.33. The van der Waals surface area contributed by atoms with Crippen molar-refractivity contribution < 1.29 is 28.2 Å². The Hall–Kier alpha value is -4.21. The zero-order chi connectivity index (χ0) is 29.5. The fraction of sp³-hybridized carbons (Fsp3) is 0.258. The van der Waals surface area contributed by atoms with Crippen LogP contribution in [0.3, 0.4) is 0 Å². The largest absolute Gasteiger partial charge is 0.489 e. The molecule has 0 fully saturated rings. The average molecular weight is 608 g/mol. The summed E-state index contributed by atoms with van der Waals surface area (Å²) < 4.78 is 23.7. The van der Waals surface area contributed by atoms with Crippen LogP contribution in [0.2, 0.25) is 10.0 Å². The fourth-order valence-corrected chi connectivity index (χ4v) is 5.61. The van der Waals surface area contributed by atoms with Crippen molar-refractivity contribution in [3.8, 4) is 17.2 Å². The second kappa shape index (κ2) is 11.2. The summed E-state index contributed by atoms with van der Waals surface area (Å²) in [5, 5.41) is 1.18. The van der Waals surface area contributed by atoms with Crippen molar-refractivity contribution in [2.75, 3.05) is 6.61 Å². The Morgan fingerprint density at radius 1 is 1.05 bits per heavy atom. The number of hydrogen-bond acceptors (Lipinski definition) is 7. The quantitative estimate of drug-likeness (QED) is 0.297. The topological polar surface area (TPSA) is 117 Å². The predicted molar refractivity (Wildman–Crippen MR) is 155 cm³/mol. The highest BCUT2D eigenvalue weighted by atomic mass is 35.5. The molecule has 2 amide bonds. The Bertz CT molecular complexity index is 1690. The highest BCUT2D eigenvalue weighted by Gasteiger charge is 2.37. The van der Waals surface area contributed by atoms with Gasteiger partial charge >= 0.3 is 0 Å². The van der Waals surface area contributed by atoms with E-state index in [1.54, 1.807) is 32.0 Å². The molecule has 2 aliphatic heterocycles. The number of fused-ring (bicyclic) bond motifs is 2. The molecule has 9 nitrogen and oxygen atoms in total. The molecule has 4 aromatic rings. The molecule has 0 radical (unpaired) electrons. The number of oxazole rings is 1. The van der Waals surface area contributed by atoms with Crippen LogP contribution < -0.4 is 19.9 Å². The second-order valence-electron chi connectivity index (χ2n) is 10.3. The number of benzene rings is 3. The number of aromatic nitrogens is 1. The van der Waals surface area contributed by atoms with E-state index in [1.807, 2.05) is 36.4 Å². The first kappa shape index (κ1) is 27.9. The Morgan fingerprint density at radius 2 is 1.81 bits per heavy atom. The van der Waals surface area contributed by atoms with Gasteiger partial charge in [0.15, 0.2) is 29.2 Å². The van der Waals surface area contributed by atoms with Crippen LogP contribution in [0.1, 0.15) is 50.5 Å². The van der Waals surface area contributed by atoms with Crippen LogP contribution >= 0.6 is 23.2 Å². The maximum atomic E-state index is 13.4. The van der Waals surface area contributed by atoms with E-state index in [0.29, 0.717) is 45.6 Å². The molecular weight excluding hydrogens is 581 g/mol. The molecule has 2 aliphatic rings. The van der Waals surface area contributed by atoms with Gasteiger partial charge in [-0.1, -0.05) is 35.3 Å². The van der Waals surface area contributed by atoms with Gasteiger partial charge in [-0.25, -0.2) is 4.98 Å². The number of primary amides is 1. The van der Waals surface area contributed by atoms with Crippen molar-refractivity contribution in [3.05, 3.63) is 104 Å². The number of halogens is 2. The van der Waals surface area contributed by atoms with Gasteiger partial charge in [-0.05, 0) is 66.1 Å². The van der Waals surface area contributed by atoms with Crippen molar-refractivity contribution in [3.63, 3.8) is 0 Å². The zero-order valence-corrected chi connectivity index (χ0v) is 24.4. The normalized spacial score (nSPS) is 17.5. The molecule has 2 atom stereocenters. The van der Waals surface area contributed by atoms with Gasteiger partial charge in [0.05, 0.1) is 0 Å². The molecule has 0 spiro atoms. The molecular formula is C31H27Cl2N3O6. The number of aryl methyl sites for hydroxylation is 2. The molecule has 0 saturated heterocycles. The van der Waals surface area contributed by atoms with E-state index in [1.165, 1.54) is 4.90 Å². The van der Waals surface area contributed by atoms with E-state index in [-0.39, 0.29) is 31.4 Å². The number of amides is 2. The van der Waals surface area contributed by atoms with Gasteiger partial charge in [-0.3, -0.25) is 9.59 Å². The van der Waals surface area contributed by atoms with Gasteiger partial charge in [0, 0.05) is 35.5 Å². The summed E-state index contributed by atoms with van der Waals surface area (Å²) in [4.78, 5) is 31.4. The Kier molecular flexibility index (Phi) is 7.47. The highest BCUT2D eigenvalue weighted by Crippen LogP contribution is 2.41. The summed E-state index contributed by atoms with van der Waals surface area (Å²) in [5.41, 5.74) is 9.30. The maximum absolute atomic E-state index is 13.4. The first-order valence-corrected chi connectivity index (χ1v) is 14.1. The summed E-state index contributed by atoms with van der Waals surface area (Å²) in [6, 6.07) is 15.7. The molecule has 1 aromatic heterocycles. The summed E-state index contributed by atoms with van der Waals surface area (Å²) >= 11 is 12.3. The predicted octanol–water partition coefficient (Wildman–Crippen LogP) is 5.74. The molecule has 0 aliphatic carbocycles. The SMILES string of the molecule is Cc1nc(C(=O)N2Cc3cc4c(cc3CC2C(N)=O)OCC(c2ccc(OCc3cc(Cl)ccc3Cl)cc2)O4)c(C)o1. The zero-order valence-electron chi connectivity index (χ0n) is 22.9. The smallest absolute Gasteiger partial charge is 0.277 e. The van der Waals surface area contributed by atoms with Gasteiger partial charge in [0.25, 0.3) is 5.91 Å². The number of carbonyl (C=O) groups excluding carboxylic acids is 2. The van der Waals surface area contributed by atoms with Crippen molar-refractivity contribution in [1.29, 1.82) is 0 Å². The average Bonchev–Trinajstić information content (AvgIpc) is 3.32. The lowest BCUT2D eigenvalue weighted by atomic mass is 9.92. The molecule has 6 rings (SSSR count). The van der Waals surface area contributed by atoms with E-state index in [4.69, 9.17) is 47.6 Å². The van der Waals surface area contributed by atoms with E-state index in [0.717, 1.165) is 22.3 Å². The second-order valence-corrected chi connectivity index (χ2v) is 11.1. The first-order chi connectivity index (χ1) is 20.2. The third kappa shape index (κ3) is 5.49. The molecule has 11 heteroatoms. The molecule has 2 N–H and O–H groups in total. The first-order valence-electron chi connectivity index (χ1n) is 13.3. The fourth-order valence-electron chi connectivity index (χ4n) is 5.24. The molecule has 2 unspecified atom stereocenters. The van der Waals surface area contributed by atoms with E-state index >= 15 is 0 Å². The molecule has 216 valence electrons. The number of nitrogens with zero attached hydrogens (tertiary/aromatic N) is 2. The van der Waals surface area contributed by atoms with Crippen LogP contribution in [0.25, 0.3) is 0 Å². The van der Waals surface area contributed by atoms with Gasteiger partial charge in [0.2, 0.25) is 5.91 Å². The number of nitrogens with two attached hydrogens (primary N) is 1. The van der Waals surface area contributed by atoms with Crippen LogP contribution in [0.5, 0.6) is 17.2 Å². The minimum absolute atomic E-state index is 0.164. The third-order valence-electron chi connectivity index (χ3n) is 7.40. The van der Waals surface area contributed by atoms with Crippen LogP contribution in [-0.4, -0.2) is 34.3 Å². The lowest BCUT2D eigenvalue weighted by molar-refractivity contribution is -0.122. The van der Waals surface area contributed by atoms with Crippen LogP contribution in [-0.2, 0) is 24.4 Å². The molecule has 3 heterocycles. The lowest BCUT2D eigenvalue weighted by Crippen LogP contribution is -2.51. The standard InChI is InChI=1S/C31H27Cl2N3O6/c1-16-29(35-17(2)41-16)31(38)36-13-20-12-27-26(11-19(20)10-25(36)30(34)37)40-15-28(42-27)18-3-6-23(7-4-18)39-14-21-9-22(32)5-8-24(21)33/h3-9,11-12,25,28H,10,13-15H2,1-2H3,(H2,34,37). The van der Waals surface area contributed by atoms with Gasteiger partial charge in [-0.2, -0.15) is 0 Å². The van der Waals surface area contributed by atoms with Crippen molar-refractivity contribution in [1.82, 2.24) is 9.88 Å². The summed E-state index contributed by atoms with van der Waals surface area (Å²) in [5.74, 6) is 1.57. The molecule has 42 heavy (non-hydrogen) atoms. The number of hydrogen-bond donors (Lipinski definition) is 1. The van der Waals surface area contributed by atoms with Crippen LogP contribution in [0.4, 0.5) is 0 Å². The lowest BCUT2D eigenvalue weighted by Gasteiger charge is -2.36. The summed E-state index contributed by atoms with van der Waals surface area (Å²) in [6.45, 7) is 4.08. The Balaban J connectivity index is 1.18. The minimum Gasteiger partial charge on any atom is -0.489 e.